The van der Waals surface area contributed by atoms with E-state index >= 15 is 0 Å². The minimum atomic E-state index is 0.199. The van der Waals surface area contributed by atoms with E-state index in [1.807, 2.05) is 12.1 Å². The van der Waals surface area contributed by atoms with Gasteiger partial charge in [0.2, 0.25) is 0 Å². The van der Waals surface area contributed by atoms with Crippen LogP contribution in [-0.2, 0) is 4.74 Å². The summed E-state index contributed by atoms with van der Waals surface area (Å²) in [5.74, 6) is 0. The molecule has 1 saturated heterocycles. The first kappa shape index (κ1) is 12.6. The van der Waals surface area contributed by atoms with Crippen molar-refractivity contribution in [3.05, 3.63) is 28.8 Å². The number of hydrogen-bond donors (Lipinski definition) is 2. The van der Waals surface area contributed by atoms with Gasteiger partial charge in [-0.05, 0) is 31.5 Å². The lowest BCUT2D eigenvalue weighted by molar-refractivity contribution is 0.121. The van der Waals surface area contributed by atoms with E-state index < -0.39 is 0 Å². The van der Waals surface area contributed by atoms with Crippen LogP contribution in [-0.4, -0.2) is 23.7 Å². The van der Waals surface area contributed by atoms with Crippen LogP contribution >= 0.6 is 23.8 Å². The standard InChI is InChI=1S/C12H15ClN2OS/c1-7-10(4-5-16-7)15-11-3-2-8(13)6-9(11)12(14)17/h2-3,6-7,10,15H,4-5H2,1H3,(H2,14,17). The molecule has 0 saturated carbocycles. The molecule has 0 bridgehead atoms. The number of ether oxygens (including phenoxy) is 1. The average molecular weight is 271 g/mol. The number of anilines is 1. The largest absolute Gasteiger partial charge is 0.389 e. The van der Waals surface area contributed by atoms with Gasteiger partial charge in [0.05, 0.1) is 12.1 Å². The highest BCUT2D eigenvalue weighted by Gasteiger charge is 2.24. The fourth-order valence-electron chi connectivity index (χ4n) is 1.97. The van der Waals surface area contributed by atoms with Gasteiger partial charge in [0.15, 0.2) is 0 Å². The lowest BCUT2D eigenvalue weighted by atomic mass is 10.1. The molecule has 2 atom stereocenters. The van der Waals surface area contributed by atoms with Crippen molar-refractivity contribution in [2.24, 2.45) is 5.73 Å². The Hall–Kier alpha value is -0.840. The molecule has 2 unspecified atom stereocenters. The third-order valence-electron chi connectivity index (χ3n) is 2.96. The van der Waals surface area contributed by atoms with Crippen LogP contribution in [0.2, 0.25) is 5.02 Å². The van der Waals surface area contributed by atoms with Crippen molar-refractivity contribution < 1.29 is 4.74 Å². The lowest BCUT2D eigenvalue weighted by Crippen LogP contribution is -2.28. The first-order valence-electron chi connectivity index (χ1n) is 5.55. The Morgan fingerprint density at radius 1 is 1.59 bits per heavy atom. The molecule has 1 aliphatic rings. The van der Waals surface area contributed by atoms with E-state index in [0.717, 1.165) is 24.3 Å². The van der Waals surface area contributed by atoms with E-state index in [1.54, 1.807) is 6.07 Å². The molecule has 0 radical (unpaired) electrons. The van der Waals surface area contributed by atoms with Crippen LogP contribution in [0.5, 0.6) is 0 Å². The summed E-state index contributed by atoms with van der Waals surface area (Å²) < 4.78 is 5.51. The normalized spacial score (nSPS) is 23.6. The SMILES string of the molecule is CC1OCCC1Nc1ccc(Cl)cc1C(N)=S. The van der Waals surface area contributed by atoms with Crippen molar-refractivity contribution in [3.8, 4) is 0 Å². The van der Waals surface area contributed by atoms with E-state index in [4.69, 9.17) is 34.3 Å². The monoisotopic (exact) mass is 270 g/mol. The molecule has 92 valence electrons. The van der Waals surface area contributed by atoms with Gasteiger partial charge in [-0.2, -0.15) is 0 Å². The maximum atomic E-state index is 5.94. The van der Waals surface area contributed by atoms with Gasteiger partial charge < -0.3 is 15.8 Å². The molecule has 0 aliphatic carbocycles. The second kappa shape index (κ2) is 5.21. The number of halogens is 1. The predicted molar refractivity (Wildman–Crippen MR) is 74.8 cm³/mol. The molecule has 17 heavy (non-hydrogen) atoms. The van der Waals surface area contributed by atoms with Crippen molar-refractivity contribution in [3.63, 3.8) is 0 Å². The molecule has 1 aromatic carbocycles. The van der Waals surface area contributed by atoms with Gasteiger partial charge in [-0.3, -0.25) is 0 Å². The van der Waals surface area contributed by atoms with Gasteiger partial charge >= 0.3 is 0 Å². The second-order valence-electron chi connectivity index (χ2n) is 4.17. The molecule has 1 aromatic rings. The third kappa shape index (κ3) is 2.89. The topological polar surface area (TPSA) is 47.3 Å². The number of thiocarbonyl (C=S) groups is 1. The first-order chi connectivity index (χ1) is 8.08. The van der Waals surface area contributed by atoms with Crippen molar-refractivity contribution in [2.45, 2.75) is 25.5 Å². The molecular formula is C12H15ClN2OS. The van der Waals surface area contributed by atoms with Gasteiger partial charge in [-0.15, -0.1) is 0 Å². The third-order valence-corrected chi connectivity index (χ3v) is 3.42. The zero-order chi connectivity index (χ0) is 12.4. The number of nitrogens with two attached hydrogens (primary N) is 1. The zero-order valence-electron chi connectivity index (χ0n) is 9.57. The Labute approximate surface area is 111 Å². The Kier molecular flexibility index (Phi) is 3.86. The van der Waals surface area contributed by atoms with Crippen molar-refractivity contribution in [1.82, 2.24) is 0 Å². The van der Waals surface area contributed by atoms with E-state index in [1.165, 1.54) is 0 Å². The highest BCUT2D eigenvalue weighted by Crippen LogP contribution is 2.24. The Balaban J connectivity index is 2.22. The van der Waals surface area contributed by atoms with Gasteiger partial charge in [0.1, 0.15) is 4.99 Å². The van der Waals surface area contributed by atoms with Crippen molar-refractivity contribution in [2.75, 3.05) is 11.9 Å². The van der Waals surface area contributed by atoms with Crippen LogP contribution in [0, 0.1) is 0 Å². The van der Waals surface area contributed by atoms with Crippen LogP contribution in [0.3, 0.4) is 0 Å². The number of benzene rings is 1. The molecule has 3 N–H and O–H groups in total. The molecule has 1 heterocycles. The summed E-state index contributed by atoms with van der Waals surface area (Å²) in [6, 6.07) is 5.81. The van der Waals surface area contributed by atoms with Gasteiger partial charge in [-0.1, -0.05) is 23.8 Å². The maximum absolute atomic E-state index is 5.94. The minimum Gasteiger partial charge on any atom is -0.389 e. The molecule has 5 heteroatoms. The van der Waals surface area contributed by atoms with Gasteiger partial charge in [-0.25, -0.2) is 0 Å². The van der Waals surface area contributed by atoms with E-state index in [0.29, 0.717) is 16.1 Å². The van der Waals surface area contributed by atoms with Gasteiger partial charge in [0, 0.05) is 22.9 Å². The fourth-order valence-corrected chi connectivity index (χ4v) is 2.31. The Morgan fingerprint density at radius 2 is 2.35 bits per heavy atom. The number of nitrogens with one attached hydrogen (secondary N) is 1. The smallest absolute Gasteiger partial charge is 0.106 e. The summed E-state index contributed by atoms with van der Waals surface area (Å²) in [5.41, 5.74) is 7.40. The lowest BCUT2D eigenvalue weighted by Gasteiger charge is -2.19. The summed E-state index contributed by atoms with van der Waals surface area (Å²) >= 11 is 11.0. The van der Waals surface area contributed by atoms with Crippen LogP contribution in [0.15, 0.2) is 18.2 Å². The average Bonchev–Trinajstić information content (AvgIpc) is 2.67. The minimum absolute atomic E-state index is 0.199. The molecule has 2 rings (SSSR count). The van der Waals surface area contributed by atoms with Crippen molar-refractivity contribution >= 4 is 34.5 Å². The molecule has 1 fully saturated rings. The highest BCUT2D eigenvalue weighted by atomic mass is 35.5. The van der Waals surface area contributed by atoms with E-state index in [9.17, 15) is 0 Å². The van der Waals surface area contributed by atoms with Crippen LogP contribution in [0.4, 0.5) is 5.69 Å². The molecule has 0 spiro atoms. The fraction of sp³-hybridized carbons (Fsp3) is 0.417. The summed E-state index contributed by atoms with van der Waals surface area (Å²) in [7, 11) is 0. The Bertz CT molecular complexity index is 439. The second-order valence-corrected chi connectivity index (χ2v) is 5.05. The maximum Gasteiger partial charge on any atom is 0.106 e. The summed E-state index contributed by atoms with van der Waals surface area (Å²) in [6.07, 6.45) is 1.19. The summed E-state index contributed by atoms with van der Waals surface area (Å²) in [6.45, 7) is 2.84. The van der Waals surface area contributed by atoms with Gasteiger partial charge in [0.25, 0.3) is 0 Å². The molecular weight excluding hydrogens is 256 g/mol. The summed E-state index contributed by atoms with van der Waals surface area (Å²) in [4.78, 5) is 0.349. The summed E-state index contributed by atoms with van der Waals surface area (Å²) in [5, 5.41) is 4.05. The molecule has 0 aromatic heterocycles. The highest BCUT2D eigenvalue weighted by molar-refractivity contribution is 7.80. The van der Waals surface area contributed by atoms with E-state index in [2.05, 4.69) is 12.2 Å². The van der Waals surface area contributed by atoms with Crippen molar-refractivity contribution in [1.29, 1.82) is 0 Å². The quantitative estimate of drug-likeness (QED) is 0.829. The molecule has 1 aliphatic heterocycles. The van der Waals surface area contributed by atoms with Crippen LogP contribution < -0.4 is 11.1 Å². The predicted octanol–water partition coefficient (Wildman–Crippen LogP) is 2.56. The van der Waals surface area contributed by atoms with E-state index in [-0.39, 0.29) is 6.10 Å². The zero-order valence-corrected chi connectivity index (χ0v) is 11.1. The number of hydrogen-bond acceptors (Lipinski definition) is 3. The van der Waals surface area contributed by atoms with Crippen LogP contribution in [0.25, 0.3) is 0 Å². The Morgan fingerprint density at radius 3 is 2.94 bits per heavy atom. The molecule has 3 nitrogen and oxygen atoms in total. The first-order valence-corrected chi connectivity index (χ1v) is 6.34. The van der Waals surface area contributed by atoms with Crippen LogP contribution in [0.1, 0.15) is 18.9 Å². The number of rotatable bonds is 3. The molecule has 0 amide bonds.